The Kier molecular flexibility index (Phi) is 6.01. The summed E-state index contributed by atoms with van der Waals surface area (Å²) in [6.07, 6.45) is 1.07. The summed E-state index contributed by atoms with van der Waals surface area (Å²) < 4.78 is 0. The second kappa shape index (κ2) is 8.81. The molecule has 1 aromatic heterocycles. The predicted molar refractivity (Wildman–Crippen MR) is 110 cm³/mol. The van der Waals surface area contributed by atoms with Crippen molar-refractivity contribution in [1.82, 2.24) is 9.97 Å². The highest BCUT2D eigenvalue weighted by Gasteiger charge is 2.08. The van der Waals surface area contributed by atoms with Crippen molar-refractivity contribution in [2.75, 3.05) is 17.2 Å². The van der Waals surface area contributed by atoms with Crippen LogP contribution in [0.3, 0.4) is 0 Å². The first-order chi connectivity index (χ1) is 13.1. The van der Waals surface area contributed by atoms with E-state index in [2.05, 4.69) is 40.5 Å². The molecule has 0 atom stereocenters. The van der Waals surface area contributed by atoms with Gasteiger partial charge in [0.1, 0.15) is 5.82 Å². The van der Waals surface area contributed by atoms with Gasteiger partial charge in [0, 0.05) is 23.9 Å². The number of hydrogen-bond donors (Lipinski definition) is 2. The molecule has 3 rings (SSSR count). The van der Waals surface area contributed by atoms with Gasteiger partial charge in [0.25, 0.3) is 0 Å². The van der Waals surface area contributed by atoms with E-state index in [9.17, 15) is 0 Å². The van der Waals surface area contributed by atoms with Crippen LogP contribution in [0.25, 0.3) is 11.3 Å². The second-order valence-electron chi connectivity index (χ2n) is 6.75. The minimum Gasteiger partial charge on any atom is -0.370 e. The summed E-state index contributed by atoms with van der Waals surface area (Å²) in [5.74, 6) is 1.94. The summed E-state index contributed by atoms with van der Waals surface area (Å²) in [6, 6.07) is 21.4. The zero-order valence-electron chi connectivity index (χ0n) is 15.6. The highest BCUT2D eigenvalue weighted by molar-refractivity contribution is 5.66. The smallest absolute Gasteiger partial charge is 0.229 e. The first-order valence-corrected chi connectivity index (χ1v) is 9.09. The lowest BCUT2D eigenvalue weighted by atomic mass is 10.1. The molecule has 5 heteroatoms. The molecule has 0 amide bonds. The predicted octanol–water partition coefficient (Wildman–Crippen LogP) is 5.22. The van der Waals surface area contributed by atoms with E-state index >= 15 is 0 Å². The van der Waals surface area contributed by atoms with Crippen LogP contribution in [-0.2, 0) is 0 Å². The van der Waals surface area contributed by atoms with E-state index in [0.717, 1.165) is 35.7 Å². The van der Waals surface area contributed by atoms with Gasteiger partial charge in [0.2, 0.25) is 5.95 Å². The van der Waals surface area contributed by atoms with Crippen LogP contribution in [0.5, 0.6) is 0 Å². The molecular weight excluding hydrogens is 334 g/mol. The van der Waals surface area contributed by atoms with Crippen molar-refractivity contribution >= 4 is 17.5 Å². The molecule has 0 bridgehead atoms. The summed E-state index contributed by atoms with van der Waals surface area (Å²) >= 11 is 0. The standard InChI is InChI=1S/C22H23N5/c1-16(2)12-13-24-21-14-20(18-6-4-3-5-7-18)26-22(27-21)25-19-10-8-17(15-23)9-11-19/h3-11,14,16H,12-13H2,1-2H3,(H2,24,25,26,27). The van der Waals surface area contributed by atoms with Gasteiger partial charge in [-0.3, -0.25) is 0 Å². The van der Waals surface area contributed by atoms with Gasteiger partial charge < -0.3 is 10.6 Å². The quantitative estimate of drug-likeness (QED) is 0.607. The fourth-order valence-corrected chi connectivity index (χ4v) is 2.60. The third-order valence-electron chi connectivity index (χ3n) is 4.09. The molecule has 2 N–H and O–H groups in total. The first kappa shape index (κ1) is 18.4. The lowest BCUT2D eigenvalue weighted by molar-refractivity contribution is 0.606. The van der Waals surface area contributed by atoms with Crippen LogP contribution in [-0.4, -0.2) is 16.5 Å². The van der Waals surface area contributed by atoms with Crippen molar-refractivity contribution in [3.8, 4) is 17.3 Å². The van der Waals surface area contributed by atoms with E-state index in [1.165, 1.54) is 0 Å². The molecule has 0 saturated heterocycles. The minimum atomic E-state index is 0.521. The Hall–Kier alpha value is -3.39. The van der Waals surface area contributed by atoms with Crippen molar-refractivity contribution in [1.29, 1.82) is 5.26 Å². The van der Waals surface area contributed by atoms with E-state index in [4.69, 9.17) is 5.26 Å². The minimum absolute atomic E-state index is 0.521. The summed E-state index contributed by atoms with van der Waals surface area (Å²) in [4.78, 5) is 9.25. The summed E-state index contributed by atoms with van der Waals surface area (Å²) in [7, 11) is 0. The Bertz CT molecular complexity index is 912. The zero-order valence-corrected chi connectivity index (χ0v) is 15.6. The van der Waals surface area contributed by atoms with E-state index < -0.39 is 0 Å². The summed E-state index contributed by atoms with van der Waals surface area (Å²) in [5.41, 5.74) is 3.35. The maximum atomic E-state index is 8.94. The van der Waals surface area contributed by atoms with Crippen LogP contribution < -0.4 is 10.6 Å². The molecule has 2 aromatic carbocycles. The molecule has 0 aliphatic heterocycles. The Labute approximate surface area is 160 Å². The normalized spacial score (nSPS) is 10.4. The van der Waals surface area contributed by atoms with Gasteiger partial charge in [0.05, 0.1) is 17.3 Å². The Morgan fingerprint density at radius 2 is 1.74 bits per heavy atom. The van der Waals surface area contributed by atoms with E-state index in [1.807, 2.05) is 48.5 Å². The highest BCUT2D eigenvalue weighted by atomic mass is 15.1. The van der Waals surface area contributed by atoms with Crippen molar-refractivity contribution < 1.29 is 0 Å². The van der Waals surface area contributed by atoms with Gasteiger partial charge in [0.15, 0.2) is 0 Å². The number of anilines is 3. The molecule has 5 nitrogen and oxygen atoms in total. The van der Waals surface area contributed by atoms with Crippen LogP contribution in [0.4, 0.5) is 17.5 Å². The Balaban J connectivity index is 1.87. The summed E-state index contributed by atoms with van der Waals surface area (Å²) in [5, 5.41) is 15.6. The Morgan fingerprint density at radius 3 is 2.41 bits per heavy atom. The number of hydrogen-bond acceptors (Lipinski definition) is 5. The molecule has 0 fully saturated rings. The van der Waals surface area contributed by atoms with Gasteiger partial charge in [-0.2, -0.15) is 10.2 Å². The van der Waals surface area contributed by atoms with E-state index in [1.54, 1.807) is 12.1 Å². The molecule has 0 aliphatic rings. The number of nitriles is 1. The van der Waals surface area contributed by atoms with Crippen molar-refractivity contribution in [3.05, 3.63) is 66.2 Å². The fourth-order valence-electron chi connectivity index (χ4n) is 2.60. The third-order valence-corrected chi connectivity index (χ3v) is 4.09. The van der Waals surface area contributed by atoms with Crippen LogP contribution in [0.15, 0.2) is 60.7 Å². The Morgan fingerprint density at radius 1 is 1.00 bits per heavy atom. The SMILES string of the molecule is CC(C)CCNc1cc(-c2ccccc2)nc(Nc2ccc(C#N)cc2)n1. The number of nitrogens with zero attached hydrogens (tertiary/aromatic N) is 3. The molecule has 136 valence electrons. The monoisotopic (exact) mass is 357 g/mol. The molecule has 1 heterocycles. The van der Waals surface area contributed by atoms with Crippen molar-refractivity contribution in [2.24, 2.45) is 5.92 Å². The number of benzene rings is 2. The van der Waals surface area contributed by atoms with Crippen LogP contribution >= 0.6 is 0 Å². The average molecular weight is 357 g/mol. The molecule has 0 unspecified atom stereocenters. The summed E-state index contributed by atoms with van der Waals surface area (Å²) in [6.45, 7) is 5.27. The van der Waals surface area contributed by atoms with Crippen LogP contribution in [0.2, 0.25) is 0 Å². The maximum Gasteiger partial charge on any atom is 0.229 e. The molecule has 27 heavy (non-hydrogen) atoms. The highest BCUT2D eigenvalue weighted by Crippen LogP contribution is 2.23. The van der Waals surface area contributed by atoms with E-state index in [0.29, 0.717) is 17.4 Å². The van der Waals surface area contributed by atoms with Crippen molar-refractivity contribution in [3.63, 3.8) is 0 Å². The second-order valence-corrected chi connectivity index (χ2v) is 6.75. The molecule has 0 saturated carbocycles. The maximum absolute atomic E-state index is 8.94. The molecule has 3 aromatic rings. The molecular formula is C22H23N5. The number of nitrogens with one attached hydrogen (secondary N) is 2. The van der Waals surface area contributed by atoms with Gasteiger partial charge in [-0.1, -0.05) is 44.2 Å². The van der Waals surface area contributed by atoms with Gasteiger partial charge in [-0.15, -0.1) is 0 Å². The number of aromatic nitrogens is 2. The van der Waals surface area contributed by atoms with Gasteiger partial charge in [-0.05, 0) is 36.6 Å². The van der Waals surface area contributed by atoms with Crippen molar-refractivity contribution in [2.45, 2.75) is 20.3 Å². The van der Waals surface area contributed by atoms with E-state index in [-0.39, 0.29) is 0 Å². The lowest BCUT2D eigenvalue weighted by Crippen LogP contribution is -2.08. The topological polar surface area (TPSA) is 73.6 Å². The van der Waals surface area contributed by atoms with Gasteiger partial charge in [-0.25, -0.2) is 4.98 Å². The molecule has 0 aliphatic carbocycles. The molecule has 0 spiro atoms. The fraction of sp³-hybridized carbons (Fsp3) is 0.227. The van der Waals surface area contributed by atoms with Crippen LogP contribution in [0.1, 0.15) is 25.8 Å². The third kappa shape index (κ3) is 5.29. The number of rotatable bonds is 7. The molecule has 0 radical (unpaired) electrons. The largest absolute Gasteiger partial charge is 0.370 e. The first-order valence-electron chi connectivity index (χ1n) is 9.09. The van der Waals surface area contributed by atoms with Crippen LogP contribution in [0, 0.1) is 17.2 Å². The van der Waals surface area contributed by atoms with Gasteiger partial charge >= 0.3 is 0 Å². The lowest BCUT2D eigenvalue weighted by Gasteiger charge is -2.12. The zero-order chi connectivity index (χ0) is 19.1. The average Bonchev–Trinajstić information content (AvgIpc) is 2.69.